The Kier molecular flexibility index (Phi) is 8.44. The van der Waals surface area contributed by atoms with Crippen LogP contribution in [0.1, 0.15) is 15.9 Å². The Balaban J connectivity index is 0.00000150. The first-order valence-electron chi connectivity index (χ1n) is 9.45. The highest BCUT2D eigenvalue weighted by atomic mass is 35.5. The molecule has 0 saturated carbocycles. The molecule has 2 aromatic rings. The van der Waals surface area contributed by atoms with E-state index in [0.29, 0.717) is 23.8 Å². The van der Waals surface area contributed by atoms with Crippen molar-refractivity contribution in [3.8, 4) is 0 Å². The molecule has 2 aliphatic rings. The number of hydrogen-bond acceptors (Lipinski definition) is 4. The Hall–Kier alpha value is -2.15. The number of nitrogens with zero attached hydrogens (tertiary/aromatic N) is 2. The third kappa shape index (κ3) is 5.47. The molecular weight excluding hydrogens is 411 g/mol. The minimum absolute atomic E-state index is 0. The highest BCUT2D eigenvalue weighted by molar-refractivity contribution is 5.97. The zero-order chi connectivity index (χ0) is 18.6. The number of nitrogens with one attached hydrogen (secondary N) is 2. The Labute approximate surface area is 183 Å². The van der Waals surface area contributed by atoms with Crippen LogP contribution in [0.15, 0.2) is 54.9 Å². The molecule has 0 radical (unpaired) electrons. The SMILES string of the molecule is Cl.Cl.O=C(NC(Cc1cccnc1)C(=O)N1C[C@H]2CNC[C@H]2C1)c1ccccc1. The van der Waals surface area contributed by atoms with Gasteiger partial charge < -0.3 is 15.5 Å². The lowest BCUT2D eigenvalue weighted by Gasteiger charge is -2.25. The highest BCUT2D eigenvalue weighted by Crippen LogP contribution is 2.27. The molecule has 3 atom stereocenters. The molecule has 2 amide bonds. The van der Waals surface area contributed by atoms with E-state index in [4.69, 9.17) is 0 Å². The zero-order valence-electron chi connectivity index (χ0n) is 16.0. The number of fused-ring (bicyclic) bond motifs is 1. The Morgan fingerprint density at radius 3 is 2.38 bits per heavy atom. The predicted molar refractivity (Wildman–Crippen MR) is 117 cm³/mol. The summed E-state index contributed by atoms with van der Waals surface area (Å²) in [6.07, 6.45) is 3.89. The lowest BCUT2D eigenvalue weighted by atomic mass is 10.0. The van der Waals surface area contributed by atoms with Crippen LogP contribution >= 0.6 is 24.8 Å². The van der Waals surface area contributed by atoms with Crippen LogP contribution in [0.4, 0.5) is 0 Å². The third-order valence-electron chi connectivity index (χ3n) is 5.50. The van der Waals surface area contributed by atoms with Crippen molar-refractivity contribution in [2.24, 2.45) is 11.8 Å². The quantitative estimate of drug-likeness (QED) is 0.750. The lowest BCUT2D eigenvalue weighted by Crippen LogP contribution is -2.49. The van der Waals surface area contributed by atoms with Gasteiger partial charge in [0.25, 0.3) is 5.91 Å². The number of benzene rings is 1. The maximum atomic E-state index is 13.2. The fourth-order valence-corrected chi connectivity index (χ4v) is 4.04. The molecule has 6 nitrogen and oxygen atoms in total. The van der Waals surface area contributed by atoms with Crippen molar-refractivity contribution in [1.29, 1.82) is 0 Å². The summed E-state index contributed by atoms with van der Waals surface area (Å²) in [6.45, 7) is 3.47. The maximum absolute atomic E-state index is 13.2. The van der Waals surface area contributed by atoms with Crippen molar-refractivity contribution in [3.63, 3.8) is 0 Å². The summed E-state index contributed by atoms with van der Waals surface area (Å²) < 4.78 is 0. The van der Waals surface area contributed by atoms with E-state index >= 15 is 0 Å². The normalized spacial score (nSPS) is 20.8. The predicted octanol–water partition coefficient (Wildman–Crippen LogP) is 1.94. The molecule has 8 heteroatoms. The number of amides is 2. The van der Waals surface area contributed by atoms with E-state index in [-0.39, 0.29) is 36.6 Å². The number of halogens is 2. The first kappa shape index (κ1) is 23.1. The van der Waals surface area contributed by atoms with Crippen LogP contribution in [0.3, 0.4) is 0 Å². The first-order valence-corrected chi connectivity index (χ1v) is 9.45. The minimum Gasteiger partial charge on any atom is -0.340 e. The maximum Gasteiger partial charge on any atom is 0.251 e. The smallest absolute Gasteiger partial charge is 0.251 e. The van der Waals surface area contributed by atoms with Crippen LogP contribution < -0.4 is 10.6 Å². The fourth-order valence-electron chi connectivity index (χ4n) is 4.04. The van der Waals surface area contributed by atoms with E-state index in [1.54, 1.807) is 24.5 Å². The van der Waals surface area contributed by atoms with Crippen molar-refractivity contribution in [2.45, 2.75) is 12.5 Å². The van der Waals surface area contributed by atoms with Crippen molar-refractivity contribution < 1.29 is 9.59 Å². The summed E-state index contributed by atoms with van der Waals surface area (Å²) in [7, 11) is 0. The van der Waals surface area contributed by atoms with Crippen LogP contribution in [0.2, 0.25) is 0 Å². The molecular formula is C21H26Cl2N4O2. The van der Waals surface area contributed by atoms with Gasteiger partial charge in [0, 0.05) is 50.6 Å². The average Bonchev–Trinajstić information content (AvgIpc) is 3.30. The molecule has 156 valence electrons. The van der Waals surface area contributed by atoms with Gasteiger partial charge in [0.05, 0.1) is 0 Å². The van der Waals surface area contributed by atoms with E-state index in [0.717, 1.165) is 31.7 Å². The second kappa shape index (κ2) is 10.6. The van der Waals surface area contributed by atoms with E-state index in [9.17, 15) is 9.59 Å². The van der Waals surface area contributed by atoms with E-state index in [1.165, 1.54) is 0 Å². The summed E-state index contributed by atoms with van der Waals surface area (Å²) in [6, 6.07) is 12.2. The average molecular weight is 437 g/mol. The first-order chi connectivity index (χ1) is 13.2. The van der Waals surface area contributed by atoms with Crippen LogP contribution in [0.5, 0.6) is 0 Å². The molecule has 2 N–H and O–H groups in total. The number of rotatable bonds is 5. The second-order valence-corrected chi connectivity index (χ2v) is 7.38. The van der Waals surface area contributed by atoms with Gasteiger partial charge in [0.1, 0.15) is 6.04 Å². The minimum atomic E-state index is -0.589. The van der Waals surface area contributed by atoms with Gasteiger partial charge in [-0.1, -0.05) is 24.3 Å². The van der Waals surface area contributed by atoms with E-state index in [2.05, 4.69) is 15.6 Å². The summed E-state index contributed by atoms with van der Waals surface area (Å²) in [5.41, 5.74) is 1.49. The molecule has 1 aromatic heterocycles. The van der Waals surface area contributed by atoms with Crippen molar-refractivity contribution in [3.05, 3.63) is 66.0 Å². The number of carbonyl (C=O) groups excluding carboxylic acids is 2. The van der Waals surface area contributed by atoms with Crippen LogP contribution in [-0.2, 0) is 11.2 Å². The van der Waals surface area contributed by atoms with Crippen LogP contribution in [0, 0.1) is 11.8 Å². The molecule has 2 saturated heterocycles. The van der Waals surface area contributed by atoms with Gasteiger partial charge in [0.2, 0.25) is 5.91 Å². The number of likely N-dealkylation sites (tertiary alicyclic amines) is 1. The Morgan fingerprint density at radius 1 is 1.07 bits per heavy atom. The summed E-state index contributed by atoms with van der Waals surface area (Å²) in [4.78, 5) is 31.9. The fraction of sp³-hybridized carbons (Fsp3) is 0.381. The number of carbonyl (C=O) groups is 2. The van der Waals surface area contributed by atoms with Crippen LogP contribution in [-0.4, -0.2) is 53.9 Å². The molecule has 2 aliphatic heterocycles. The monoisotopic (exact) mass is 436 g/mol. The molecule has 0 spiro atoms. The van der Waals surface area contributed by atoms with Gasteiger partial charge >= 0.3 is 0 Å². The van der Waals surface area contributed by atoms with E-state index in [1.807, 2.05) is 35.2 Å². The van der Waals surface area contributed by atoms with Gasteiger partial charge in [-0.3, -0.25) is 14.6 Å². The number of aromatic nitrogens is 1. The summed E-state index contributed by atoms with van der Waals surface area (Å²) in [5, 5.41) is 6.34. The number of hydrogen-bond donors (Lipinski definition) is 2. The van der Waals surface area contributed by atoms with Crippen molar-refractivity contribution in [2.75, 3.05) is 26.2 Å². The molecule has 2 fully saturated rings. The third-order valence-corrected chi connectivity index (χ3v) is 5.50. The summed E-state index contributed by atoms with van der Waals surface area (Å²) >= 11 is 0. The molecule has 1 unspecified atom stereocenters. The zero-order valence-corrected chi connectivity index (χ0v) is 17.6. The summed E-state index contributed by atoms with van der Waals surface area (Å²) in [5.74, 6) is 0.826. The molecule has 0 aliphatic carbocycles. The van der Waals surface area contributed by atoms with E-state index < -0.39 is 6.04 Å². The molecule has 0 bridgehead atoms. The molecule has 29 heavy (non-hydrogen) atoms. The van der Waals surface area contributed by atoms with Gasteiger partial charge in [-0.25, -0.2) is 0 Å². The highest BCUT2D eigenvalue weighted by Gasteiger charge is 2.40. The van der Waals surface area contributed by atoms with Gasteiger partial charge in [0.15, 0.2) is 0 Å². The largest absolute Gasteiger partial charge is 0.340 e. The Bertz CT molecular complexity index is 795. The van der Waals surface area contributed by atoms with Gasteiger partial charge in [-0.05, 0) is 35.6 Å². The lowest BCUT2D eigenvalue weighted by molar-refractivity contribution is -0.132. The van der Waals surface area contributed by atoms with Crippen molar-refractivity contribution >= 4 is 36.6 Å². The van der Waals surface area contributed by atoms with Gasteiger partial charge in [-0.15, -0.1) is 24.8 Å². The number of pyridine rings is 1. The van der Waals surface area contributed by atoms with Gasteiger partial charge in [-0.2, -0.15) is 0 Å². The van der Waals surface area contributed by atoms with Crippen molar-refractivity contribution in [1.82, 2.24) is 20.5 Å². The topological polar surface area (TPSA) is 74.3 Å². The molecule has 1 aromatic carbocycles. The molecule has 4 rings (SSSR count). The molecule has 3 heterocycles. The second-order valence-electron chi connectivity index (χ2n) is 7.38. The Morgan fingerprint density at radius 2 is 1.76 bits per heavy atom. The standard InChI is InChI=1S/C21H24N4O2.2ClH/c26-20(16-6-2-1-3-7-16)24-19(9-15-5-4-8-22-10-15)21(27)25-13-17-11-23-12-18(17)14-25;;/h1-8,10,17-19,23H,9,11-14H2,(H,24,26);2*1H/t17-,18+,19?;;. The van der Waals surface area contributed by atoms with Crippen LogP contribution in [0.25, 0.3) is 0 Å².